The number of hydrogen-bond acceptors (Lipinski definition) is 3. The molecule has 3 N–H and O–H groups in total. The zero-order valence-electron chi connectivity index (χ0n) is 2.74. The van der Waals surface area contributed by atoms with E-state index in [1.54, 1.807) is 0 Å². The molecule has 0 aromatic heterocycles. The second-order valence-corrected chi connectivity index (χ2v) is 0.346. The standard InChI is InChI=1S/BH3O3.2FH.Li.H/c2-1(3)4;;;;/h2-4H;2*1H;;. The molecule has 0 heterocycles. The second kappa shape index (κ2) is 16.1. The fourth-order valence-electron chi connectivity index (χ4n) is 0. The van der Waals surface area contributed by atoms with Crippen LogP contribution >= 0.6 is 0 Å². The first-order chi connectivity index (χ1) is 1.73. The summed E-state index contributed by atoms with van der Waals surface area (Å²) in [5.74, 6) is 0. The van der Waals surface area contributed by atoms with Crippen LogP contribution in [0.4, 0.5) is 9.41 Å². The van der Waals surface area contributed by atoms with Crippen molar-refractivity contribution >= 4 is 26.2 Å². The molecule has 0 unspecified atom stereocenters. The van der Waals surface area contributed by atoms with Gasteiger partial charge in [0.15, 0.2) is 0 Å². The van der Waals surface area contributed by atoms with Gasteiger partial charge in [0.2, 0.25) is 0 Å². The molecule has 42 valence electrons. The van der Waals surface area contributed by atoms with Gasteiger partial charge >= 0.3 is 26.2 Å². The summed E-state index contributed by atoms with van der Waals surface area (Å²) >= 11 is 0. The Hall–Kier alpha value is 0.402. The van der Waals surface area contributed by atoms with E-state index in [4.69, 9.17) is 15.1 Å². The molecule has 0 amide bonds. The number of halogens is 2. The monoisotopic (exact) mass is 110 g/mol. The number of hydrogen-bond donors (Lipinski definition) is 3. The Balaban J connectivity index is -0.0000000150. The Bertz CT molecular complexity index is 17.7. The van der Waals surface area contributed by atoms with E-state index in [9.17, 15) is 0 Å². The molecule has 0 radical (unpaired) electrons. The van der Waals surface area contributed by atoms with Crippen molar-refractivity contribution in [3.63, 3.8) is 0 Å². The van der Waals surface area contributed by atoms with Gasteiger partial charge in [-0.05, 0) is 0 Å². The molecule has 0 rings (SSSR count). The zero-order chi connectivity index (χ0) is 3.58. The summed E-state index contributed by atoms with van der Waals surface area (Å²) in [5.41, 5.74) is 0. The Kier molecular flexibility index (Phi) is 60.4. The molecule has 0 aliphatic carbocycles. The zero-order valence-corrected chi connectivity index (χ0v) is 2.74. The first-order valence-corrected chi connectivity index (χ1v) is 0.775. The van der Waals surface area contributed by atoms with Crippen LogP contribution in [0.2, 0.25) is 0 Å². The van der Waals surface area contributed by atoms with Crippen molar-refractivity contribution in [1.82, 2.24) is 0 Å². The summed E-state index contributed by atoms with van der Waals surface area (Å²) in [6, 6.07) is 0. The molecule has 0 saturated heterocycles. The van der Waals surface area contributed by atoms with Gasteiger partial charge in [-0.25, -0.2) is 0 Å². The number of rotatable bonds is 0. The molecule has 0 aromatic rings. The quantitative estimate of drug-likeness (QED) is 0.304. The first-order valence-electron chi connectivity index (χ1n) is 0.775. The maximum absolute atomic E-state index is 7.17. The van der Waals surface area contributed by atoms with Gasteiger partial charge in [-0.1, -0.05) is 0 Å². The van der Waals surface area contributed by atoms with Gasteiger partial charge in [0.25, 0.3) is 0 Å². The van der Waals surface area contributed by atoms with Crippen LogP contribution in [-0.2, 0) is 0 Å². The van der Waals surface area contributed by atoms with Crippen molar-refractivity contribution in [1.29, 1.82) is 0 Å². The van der Waals surface area contributed by atoms with Crippen LogP contribution in [0, 0.1) is 0 Å². The van der Waals surface area contributed by atoms with Crippen molar-refractivity contribution in [2.75, 3.05) is 0 Å². The van der Waals surface area contributed by atoms with Crippen LogP contribution in [0.25, 0.3) is 0 Å². The molecule has 3 nitrogen and oxygen atoms in total. The van der Waals surface area contributed by atoms with Crippen molar-refractivity contribution < 1.29 is 24.5 Å². The Morgan fingerprint density at radius 2 is 0.857 bits per heavy atom. The third-order valence-electron chi connectivity index (χ3n) is 0. The van der Waals surface area contributed by atoms with Crippen molar-refractivity contribution in [3.8, 4) is 0 Å². The predicted octanol–water partition coefficient (Wildman–Crippen LogP) is -2.40. The molecule has 0 aliphatic rings. The fourth-order valence-corrected chi connectivity index (χ4v) is 0. The fraction of sp³-hybridized carbons (Fsp3) is 0. The second-order valence-electron chi connectivity index (χ2n) is 0.346. The van der Waals surface area contributed by atoms with Crippen LogP contribution in [0.3, 0.4) is 0 Å². The van der Waals surface area contributed by atoms with E-state index in [1.807, 2.05) is 0 Å². The van der Waals surface area contributed by atoms with E-state index in [0.29, 0.717) is 0 Å². The van der Waals surface area contributed by atoms with Crippen LogP contribution in [-0.4, -0.2) is 41.3 Å². The summed E-state index contributed by atoms with van der Waals surface area (Å²) in [6.07, 6.45) is 0. The molecular weight excluding hydrogens is 104 g/mol. The minimum absolute atomic E-state index is 0. The summed E-state index contributed by atoms with van der Waals surface area (Å²) in [4.78, 5) is 0. The van der Waals surface area contributed by atoms with E-state index < -0.39 is 7.32 Å². The van der Waals surface area contributed by atoms with Crippen molar-refractivity contribution in [3.05, 3.63) is 0 Å². The van der Waals surface area contributed by atoms with Gasteiger partial charge < -0.3 is 15.1 Å². The molecule has 0 bridgehead atoms. The van der Waals surface area contributed by atoms with E-state index in [-0.39, 0.29) is 28.3 Å². The summed E-state index contributed by atoms with van der Waals surface area (Å²) in [7, 11) is -2.17. The van der Waals surface area contributed by atoms with Crippen LogP contribution in [0.15, 0.2) is 0 Å². The van der Waals surface area contributed by atoms with E-state index in [0.717, 1.165) is 0 Å². The minimum atomic E-state index is -2.17. The summed E-state index contributed by atoms with van der Waals surface area (Å²) in [5, 5.41) is 21.5. The Morgan fingerprint density at radius 3 is 0.857 bits per heavy atom. The van der Waals surface area contributed by atoms with Crippen LogP contribution in [0.5, 0.6) is 0 Å². The van der Waals surface area contributed by atoms with Gasteiger partial charge in [0, 0.05) is 0 Å². The van der Waals surface area contributed by atoms with Gasteiger partial charge in [0.1, 0.15) is 0 Å². The predicted molar refractivity (Wildman–Crippen MR) is 24.6 cm³/mol. The molecule has 0 spiro atoms. The molecular formula is H6BF2LiO3. The maximum atomic E-state index is 7.17. The SMILES string of the molecule is F.F.OB(O)O.[LiH]. The Morgan fingerprint density at radius 1 is 0.857 bits per heavy atom. The summed E-state index contributed by atoms with van der Waals surface area (Å²) in [6.45, 7) is 0. The van der Waals surface area contributed by atoms with Crippen molar-refractivity contribution in [2.45, 2.75) is 0 Å². The molecule has 0 fully saturated rings. The van der Waals surface area contributed by atoms with Crippen molar-refractivity contribution in [2.24, 2.45) is 0 Å². The van der Waals surface area contributed by atoms with E-state index in [1.165, 1.54) is 0 Å². The molecule has 0 aliphatic heterocycles. The molecule has 7 heteroatoms. The molecule has 0 atom stereocenters. The van der Waals surface area contributed by atoms with Gasteiger partial charge in [0.05, 0.1) is 0 Å². The van der Waals surface area contributed by atoms with Gasteiger partial charge in [-0.15, -0.1) is 0 Å². The van der Waals surface area contributed by atoms with E-state index in [2.05, 4.69) is 0 Å². The molecule has 0 saturated carbocycles. The average Bonchev–Trinajstić information content (AvgIpc) is 0.811. The third kappa shape index (κ3) is 767. The van der Waals surface area contributed by atoms with Gasteiger partial charge in [-0.3, -0.25) is 9.41 Å². The molecule has 0 aromatic carbocycles. The average molecular weight is 110 g/mol. The summed E-state index contributed by atoms with van der Waals surface area (Å²) < 4.78 is 0. The third-order valence-corrected chi connectivity index (χ3v) is 0. The topological polar surface area (TPSA) is 60.7 Å². The van der Waals surface area contributed by atoms with Crippen LogP contribution in [0.1, 0.15) is 0 Å². The first kappa shape index (κ1) is 26.2. The Labute approximate surface area is 51.4 Å². The van der Waals surface area contributed by atoms with Gasteiger partial charge in [-0.2, -0.15) is 0 Å². The van der Waals surface area contributed by atoms with Crippen LogP contribution < -0.4 is 0 Å². The molecule has 7 heavy (non-hydrogen) atoms. The normalized spacial score (nSPS) is 3.86. The van der Waals surface area contributed by atoms with E-state index >= 15 is 0 Å².